The molecule has 1 amide bonds. The Morgan fingerprint density at radius 2 is 2.42 bits per heavy atom. The molecule has 0 spiro atoms. The molecular weight excluding hydrogens is 248 g/mol. The van der Waals surface area contributed by atoms with Crippen molar-refractivity contribution in [1.29, 1.82) is 0 Å². The van der Waals surface area contributed by atoms with Crippen LogP contribution >= 0.6 is 0 Å². The summed E-state index contributed by atoms with van der Waals surface area (Å²) in [4.78, 5) is 14.0. The average molecular weight is 268 g/mol. The van der Waals surface area contributed by atoms with Gasteiger partial charge in [0.05, 0.1) is 13.2 Å². The fraction of sp³-hybridized carbons (Fsp3) is 0.692. The van der Waals surface area contributed by atoms with Gasteiger partial charge in [-0.1, -0.05) is 19.0 Å². The van der Waals surface area contributed by atoms with Crippen LogP contribution in [0.15, 0.2) is 10.6 Å². The van der Waals surface area contributed by atoms with E-state index in [0.29, 0.717) is 37.8 Å². The van der Waals surface area contributed by atoms with Gasteiger partial charge < -0.3 is 19.3 Å². The molecule has 106 valence electrons. The third kappa shape index (κ3) is 3.33. The second-order valence-corrected chi connectivity index (χ2v) is 5.14. The molecule has 1 atom stereocenters. The number of aliphatic hydroxyl groups excluding tert-OH is 1. The summed E-state index contributed by atoms with van der Waals surface area (Å²) >= 11 is 0. The quantitative estimate of drug-likeness (QED) is 0.880. The summed E-state index contributed by atoms with van der Waals surface area (Å²) in [6.07, 6.45) is 0. The van der Waals surface area contributed by atoms with Gasteiger partial charge in [-0.05, 0) is 0 Å². The van der Waals surface area contributed by atoms with E-state index in [-0.39, 0.29) is 24.3 Å². The van der Waals surface area contributed by atoms with Gasteiger partial charge in [0, 0.05) is 37.6 Å². The maximum atomic E-state index is 12.3. The second kappa shape index (κ2) is 6.16. The molecule has 6 nitrogen and oxygen atoms in total. The maximum absolute atomic E-state index is 12.3. The molecule has 1 aromatic heterocycles. The molecular formula is C13H20N2O4. The van der Waals surface area contributed by atoms with Crippen molar-refractivity contribution < 1.29 is 19.2 Å². The number of ether oxygens (including phenoxy) is 1. The van der Waals surface area contributed by atoms with E-state index in [0.717, 1.165) is 0 Å². The number of carbonyl (C=O) groups is 1. The topological polar surface area (TPSA) is 75.8 Å². The second-order valence-electron chi connectivity index (χ2n) is 5.14. The van der Waals surface area contributed by atoms with Crippen molar-refractivity contribution in [2.75, 3.05) is 32.9 Å². The molecule has 1 saturated heterocycles. The van der Waals surface area contributed by atoms with Crippen LogP contribution in [0.3, 0.4) is 0 Å². The number of rotatable bonds is 3. The molecule has 0 radical (unpaired) electrons. The van der Waals surface area contributed by atoms with Gasteiger partial charge in [-0.2, -0.15) is 0 Å². The number of aromatic nitrogens is 1. The third-order valence-corrected chi connectivity index (χ3v) is 3.20. The van der Waals surface area contributed by atoms with E-state index in [1.165, 1.54) is 0 Å². The molecule has 2 rings (SSSR count). The minimum Gasteiger partial charge on any atom is -0.396 e. The van der Waals surface area contributed by atoms with E-state index >= 15 is 0 Å². The van der Waals surface area contributed by atoms with Crippen molar-refractivity contribution in [2.45, 2.75) is 19.8 Å². The minimum atomic E-state index is -0.167. The van der Waals surface area contributed by atoms with Crippen LogP contribution in [0.2, 0.25) is 0 Å². The Hall–Kier alpha value is -1.40. The Labute approximate surface area is 112 Å². The van der Waals surface area contributed by atoms with Gasteiger partial charge in [0.2, 0.25) is 0 Å². The first-order chi connectivity index (χ1) is 9.11. The Kier molecular flexibility index (Phi) is 4.55. The molecule has 0 aliphatic carbocycles. The molecule has 1 fully saturated rings. The molecule has 1 aliphatic rings. The van der Waals surface area contributed by atoms with Gasteiger partial charge in [-0.15, -0.1) is 0 Å². The van der Waals surface area contributed by atoms with Crippen LogP contribution in [0.1, 0.15) is 36.0 Å². The number of nitrogens with zero attached hydrogens (tertiary/aromatic N) is 2. The lowest BCUT2D eigenvalue weighted by molar-refractivity contribution is 0.0718. The van der Waals surface area contributed by atoms with Crippen LogP contribution in [-0.4, -0.2) is 54.0 Å². The average Bonchev–Trinajstić information content (AvgIpc) is 2.77. The number of aliphatic hydroxyl groups is 1. The molecule has 0 bridgehead atoms. The fourth-order valence-electron chi connectivity index (χ4n) is 2.00. The highest BCUT2D eigenvalue weighted by molar-refractivity contribution is 5.92. The van der Waals surface area contributed by atoms with Crippen molar-refractivity contribution in [3.05, 3.63) is 17.5 Å². The Bertz CT molecular complexity index is 430. The fourth-order valence-corrected chi connectivity index (χ4v) is 2.00. The van der Waals surface area contributed by atoms with Crippen molar-refractivity contribution in [3.63, 3.8) is 0 Å². The highest BCUT2D eigenvalue weighted by atomic mass is 16.5. The normalized spacial score (nSPS) is 20.6. The molecule has 6 heteroatoms. The van der Waals surface area contributed by atoms with Crippen LogP contribution in [0.5, 0.6) is 0 Å². The van der Waals surface area contributed by atoms with Gasteiger partial charge >= 0.3 is 0 Å². The monoisotopic (exact) mass is 268 g/mol. The molecule has 0 aromatic carbocycles. The van der Waals surface area contributed by atoms with Crippen molar-refractivity contribution in [3.8, 4) is 0 Å². The van der Waals surface area contributed by atoms with Crippen LogP contribution in [0.25, 0.3) is 0 Å². The van der Waals surface area contributed by atoms with Crippen LogP contribution in [0, 0.1) is 5.92 Å². The van der Waals surface area contributed by atoms with Gasteiger partial charge in [-0.3, -0.25) is 4.79 Å². The van der Waals surface area contributed by atoms with E-state index in [2.05, 4.69) is 5.16 Å². The summed E-state index contributed by atoms with van der Waals surface area (Å²) in [6, 6.07) is 1.69. The van der Waals surface area contributed by atoms with Crippen molar-refractivity contribution in [1.82, 2.24) is 10.1 Å². The summed E-state index contributed by atoms with van der Waals surface area (Å²) in [5.41, 5.74) is 0.322. The van der Waals surface area contributed by atoms with E-state index in [4.69, 9.17) is 9.26 Å². The Morgan fingerprint density at radius 1 is 1.63 bits per heavy atom. The number of hydrogen-bond donors (Lipinski definition) is 1. The SMILES string of the molecule is CC(C)c1cc(C(=O)N2CCOCC(CO)C2)no1. The minimum absolute atomic E-state index is 0.0137. The molecule has 0 saturated carbocycles. The lowest BCUT2D eigenvalue weighted by atomic mass is 10.1. The number of hydrogen-bond acceptors (Lipinski definition) is 5. The lowest BCUT2D eigenvalue weighted by Crippen LogP contribution is -2.36. The van der Waals surface area contributed by atoms with Gasteiger partial charge in [-0.25, -0.2) is 0 Å². The molecule has 2 heterocycles. The van der Waals surface area contributed by atoms with Crippen molar-refractivity contribution in [2.24, 2.45) is 5.92 Å². The van der Waals surface area contributed by atoms with Crippen LogP contribution in [-0.2, 0) is 4.74 Å². The van der Waals surface area contributed by atoms with Gasteiger partial charge in [0.15, 0.2) is 5.69 Å². The number of amides is 1. The van der Waals surface area contributed by atoms with Gasteiger partial charge in [0.1, 0.15) is 5.76 Å². The zero-order chi connectivity index (χ0) is 13.8. The first kappa shape index (κ1) is 14.0. The molecule has 1 aliphatic heterocycles. The first-order valence-electron chi connectivity index (χ1n) is 6.56. The molecule has 1 aromatic rings. The lowest BCUT2D eigenvalue weighted by Gasteiger charge is -2.21. The summed E-state index contributed by atoms with van der Waals surface area (Å²) in [6.45, 7) is 5.94. The summed E-state index contributed by atoms with van der Waals surface area (Å²) in [5.74, 6) is 0.697. The first-order valence-corrected chi connectivity index (χ1v) is 6.56. The predicted molar refractivity (Wildman–Crippen MR) is 67.9 cm³/mol. The van der Waals surface area contributed by atoms with E-state index in [1.54, 1.807) is 11.0 Å². The highest BCUT2D eigenvalue weighted by Gasteiger charge is 2.25. The van der Waals surface area contributed by atoms with E-state index < -0.39 is 0 Å². The Morgan fingerprint density at radius 3 is 3.05 bits per heavy atom. The molecule has 1 unspecified atom stereocenters. The highest BCUT2D eigenvalue weighted by Crippen LogP contribution is 2.17. The van der Waals surface area contributed by atoms with E-state index in [9.17, 15) is 9.90 Å². The van der Waals surface area contributed by atoms with E-state index in [1.807, 2.05) is 13.8 Å². The largest absolute Gasteiger partial charge is 0.396 e. The summed E-state index contributed by atoms with van der Waals surface area (Å²) in [5, 5.41) is 13.0. The summed E-state index contributed by atoms with van der Waals surface area (Å²) in [7, 11) is 0. The maximum Gasteiger partial charge on any atom is 0.276 e. The zero-order valence-corrected chi connectivity index (χ0v) is 11.3. The molecule has 1 N–H and O–H groups in total. The predicted octanol–water partition coefficient (Wildman–Crippen LogP) is 0.879. The third-order valence-electron chi connectivity index (χ3n) is 3.20. The number of carbonyl (C=O) groups excluding carboxylic acids is 1. The summed E-state index contributed by atoms with van der Waals surface area (Å²) < 4.78 is 10.5. The van der Waals surface area contributed by atoms with Gasteiger partial charge in [0.25, 0.3) is 5.91 Å². The van der Waals surface area contributed by atoms with Crippen molar-refractivity contribution >= 4 is 5.91 Å². The molecule has 19 heavy (non-hydrogen) atoms. The Balaban J connectivity index is 2.08. The van der Waals surface area contributed by atoms with Crippen LogP contribution in [0.4, 0.5) is 0 Å². The van der Waals surface area contributed by atoms with Crippen LogP contribution < -0.4 is 0 Å². The standard InChI is InChI=1S/C13H20N2O4/c1-9(2)12-5-11(14-19-12)13(17)15-3-4-18-8-10(6-15)7-16/h5,9-10,16H,3-4,6-8H2,1-2H3. The zero-order valence-electron chi connectivity index (χ0n) is 11.3. The smallest absolute Gasteiger partial charge is 0.276 e.